The van der Waals surface area contributed by atoms with Crippen LogP contribution in [-0.4, -0.2) is 98.0 Å². The first-order valence-electron chi connectivity index (χ1n) is 14.2. The molecule has 2 atom stereocenters. The van der Waals surface area contributed by atoms with Gasteiger partial charge in [0.1, 0.15) is 22.2 Å². The molecule has 4 rings (SSSR count). The van der Waals surface area contributed by atoms with Crippen molar-refractivity contribution in [2.24, 2.45) is 0 Å². The van der Waals surface area contributed by atoms with Crippen molar-refractivity contribution < 1.29 is 49.1 Å². The molecule has 2 heterocycles. The van der Waals surface area contributed by atoms with Gasteiger partial charge in [-0.3, -0.25) is 18.6 Å². The van der Waals surface area contributed by atoms with Gasteiger partial charge in [0.2, 0.25) is 34.4 Å². The molecule has 0 aliphatic rings. The molecule has 0 aliphatic carbocycles. The number of rotatable bonds is 14. The van der Waals surface area contributed by atoms with Gasteiger partial charge in [0.05, 0.1) is 0 Å². The first-order chi connectivity index (χ1) is 24.1. The molecule has 2 aromatic carbocycles. The summed E-state index contributed by atoms with van der Waals surface area (Å²) in [6, 6.07) is 7.04. The van der Waals surface area contributed by atoms with Crippen molar-refractivity contribution in [1.82, 2.24) is 29.9 Å². The SMILES string of the molecule is CCN(c1nc(Cl)nc(Nc2ccc(C=Cc3ccc(Nc4nc(Cl)nc(N(C(C)O)C(C)O)n4)cc3S(=O)(=O)O)c(S(=O)(=O)O)c2)n1)S(=O)(=O)O. The molecule has 0 bridgehead atoms. The van der Waals surface area contributed by atoms with E-state index in [1.807, 2.05) is 0 Å². The maximum atomic E-state index is 12.4. The van der Waals surface area contributed by atoms with Crippen molar-refractivity contribution in [1.29, 1.82) is 0 Å². The molecule has 4 aromatic rings. The highest BCUT2D eigenvalue weighted by atomic mass is 35.5. The second kappa shape index (κ2) is 15.7. The van der Waals surface area contributed by atoms with Crippen LogP contribution in [-0.2, 0) is 30.5 Å². The van der Waals surface area contributed by atoms with Gasteiger partial charge in [0.25, 0.3) is 20.2 Å². The fourth-order valence-electron chi connectivity index (χ4n) is 4.46. The van der Waals surface area contributed by atoms with Gasteiger partial charge in [-0.05, 0) is 79.4 Å². The summed E-state index contributed by atoms with van der Waals surface area (Å²) in [6.07, 6.45) is -0.218. The number of benzene rings is 2. The fourth-order valence-corrected chi connectivity index (χ4v) is 6.80. The van der Waals surface area contributed by atoms with Gasteiger partial charge in [-0.1, -0.05) is 24.3 Å². The Morgan fingerprint density at radius 1 is 0.692 bits per heavy atom. The van der Waals surface area contributed by atoms with Crippen LogP contribution in [0, 0.1) is 0 Å². The first-order valence-corrected chi connectivity index (χ1v) is 19.3. The van der Waals surface area contributed by atoms with Crippen LogP contribution in [0.25, 0.3) is 12.2 Å². The largest absolute Gasteiger partial charge is 0.374 e. The second-order valence-electron chi connectivity index (χ2n) is 10.3. The number of halogens is 2. The average Bonchev–Trinajstić information content (AvgIpc) is 2.98. The molecule has 0 radical (unpaired) electrons. The van der Waals surface area contributed by atoms with Gasteiger partial charge >= 0.3 is 10.3 Å². The van der Waals surface area contributed by atoms with Crippen LogP contribution in [0.4, 0.5) is 35.2 Å². The smallest absolute Gasteiger partial charge is 0.362 e. The Kier molecular flexibility index (Phi) is 12.2. The van der Waals surface area contributed by atoms with E-state index in [4.69, 9.17) is 23.2 Å². The highest BCUT2D eigenvalue weighted by molar-refractivity contribution is 7.87. The highest BCUT2D eigenvalue weighted by Crippen LogP contribution is 2.29. The van der Waals surface area contributed by atoms with E-state index in [1.165, 1.54) is 45.0 Å². The van der Waals surface area contributed by atoms with Gasteiger partial charge in [-0.15, -0.1) is 0 Å². The summed E-state index contributed by atoms with van der Waals surface area (Å²) in [7, 11) is -14.6. The first kappa shape index (κ1) is 40.4. The topological polar surface area (TPSA) is 311 Å². The number of aliphatic hydroxyl groups is 2. The Morgan fingerprint density at radius 2 is 1.10 bits per heavy atom. The zero-order valence-electron chi connectivity index (χ0n) is 26.7. The summed E-state index contributed by atoms with van der Waals surface area (Å²) in [6.45, 7) is 3.78. The summed E-state index contributed by atoms with van der Waals surface area (Å²) < 4.78 is 103. The van der Waals surface area contributed by atoms with Crippen molar-refractivity contribution in [3.63, 3.8) is 0 Å². The van der Waals surface area contributed by atoms with E-state index in [1.54, 1.807) is 0 Å². The summed E-state index contributed by atoms with van der Waals surface area (Å²) in [4.78, 5) is 22.8. The van der Waals surface area contributed by atoms with Crippen LogP contribution >= 0.6 is 23.2 Å². The molecule has 2 aromatic heterocycles. The van der Waals surface area contributed by atoms with E-state index >= 15 is 0 Å². The molecule has 52 heavy (non-hydrogen) atoms. The van der Waals surface area contributed by atoms with Gasteiger partial charge in [-0.2, -0.15) is 55.2 Å². The predicted molar refractivity (Wildman–Crippen MR) is 188 cm³/mol. The third-order valence-corrected chi connectivity index (χ3v) is 9.69. The summed E-state index contributed by atoms with van der Waals surface area (Å²) >= 11 is 11.9. The van der Waals surface area contributed by atoms with Crippen molar-refractivity contribution >= 4 is 101 Å². The minimum Gasteiger partial charge on any atom is -0.374 e. The van der Waals surface area contributed by atoms with E-state index in [2.05, 4.69) is 40.5 Å². The van der Waals surface area contributed by atoms with E-state index in [-0.39, 0.29) is 52.2 Å². The fraction of sp³-hybridized carbons (Fsp3) is 0.231. The lowest BCUT2D eigenvalue weighted by atomic mass is 10.1. The minimum atomic E-state index is -4.94. The van der Waals surface area contributed by atoms with Crippen LogP contribution in [0.5, 0.6) is 0 Å². The third-order valence-electron chi connectivity index (χ3n) is 6.56. The van der Waals surface area contributed by atoms with Crippen LogP contribution < -0.4 is 19.8 Å². The lowest BCUT2D eigenvalue weighted by molar-refractivity contribution is 0.102. The third kappa shape index (κ3) is 10.1. The lowest BCUT2D eigenvalue weighted by Crippen LogP contribution is -2.41. The van der Waals surface area contributed by atoms with Gasteiger partial charge in [-0.25, -0.2) is 4.31 Å². The number of nitrogens with zero attached hydrogens (tertiary/aromatic N) is 8. The Labute approximate surface area is 306 Å². The van der Waals surface area contributed by atoms with Crippen LogP contribution in [0.3, 0.4) is 0 Å². The molecule has 0 amide bonds. The minimum absolute atomic E-state index is 0.0212. The van der Waals surface area contributed by atoms with Crippen molar-refractivity contribution in [3.05, 3.63) is 58.1 Å². The molecular weight excluding hydrogens is 795 g/mol. The van der Waals surface area contributed by atoms with E-state index in [0.29, 0.717) is 4.31 Å². The molecule has 0 spiro atoms. The number of hydrogen-bond donors (Lipinski definition) is 7. The quantitative estimate of drug-likeness (QED) is 0.0546. The van der Waals surface area contributed by atoms with Crippen LogP contribution in [0.1, 0.15) is 31.9 Å². The average molecular weight is 824 g/mol. The highest BCUT2D eigenvalue weighted by Gasteiger charge is 2.24. The van der Waals surface area contributed by atoms with Crippen molar-refractivity contribution in [3.8, 4) is 0 Å². The van der Waals surface area contributed by atoms with Crippen molar-refractivity contribution in [2.45, 2.75) is 43.0 Å². The van der Waals surface area contributed by atoms with Gasteiger partial charge in [0, 0.05) is 17.9 Å². The number of hydrogen-bond acceptors (Lipinski definition) is 17. The molecule has 0 fully saturated rings. The zero-order valence-corrected chi connectivity index (χ0v) is 30.7. The molecule has 21 nitrogen and oxygen atoms in total. The number of aliphatic hydroxyl groups excluding tert-OH is 2. The normalized spacial score (nSPS) is 13.5. The number of aromatic nitrogens is 6. The van der Waals surface area contributed by atoms with Gasteiger partial charge < -0.3 is 20.8 Å². The molecular formula is C26H28Cl2N10O11S3. The second-order valence-corrected chi connectivity index (χ2v) is 15.1. The molecule has 280 valence electrons. The zero-order chi connectivity index (χ0) is 38.8. The summed E-state index contributed by atoms with van der Waals surface area (Å²) in [5, 5.41) is 24.5. The summed E-state index contributed by atoms with van der Waals surface area (Å²) in [5.74, 6) is -1.37. The lowest BCUT2D eigenvalue weighted by Gasteiger charge is -2.28. The van der Waals surface area contributed by atoms with Gasteiger partial charge in [0.15, 0.2) is 0 Å². The number of nitrogens with one attached hydrogen (secondary N) is 2. The Morgan fingerprint density at radius 3 is 1.46 bits per heavy atom. The Balaban J connectivity index is 1.68. The molecule has 0 aliphatic heterocycles. The van der Waals surface area contributed by atoms with E-state index in [0.717, 1.165) is 29.2 Å². The molecule has 0 saturated heterocycles. The maximum Gasteiger partial charge on any atom is 0.362 e. The standard InChI is InChI=1S/C26H28Cl2N10O11S3/c1-4-37(52(47,48)49)25-33-21(27)31-23(35-25)29-17-9-7-15(19(11-17)50(41,42)43)5-6-16-8-10-18(12-20(16)51(44,45)46)30-24-32-22(28)34-26(36-24)38(13(2)39)14(3)40/h5-14,39-40H,4H2,1-3H3,(H,41,42,43)(H,44,45,46)(H,47,48,49)(H,29,31,33,35)(H,30,32,34,36). The van der Waals surface area contributed by atoms with Crippen LogP contribution in [0.2, 0.25) is 10.6 Å². The van der Waals surface area contributed by atoms with E-state index < -0.39 is 64.0 Å². The maximum absolute atomic E-state index is 12.4. The van der Waals surface area contributed by atoms with Crippen molar-refractivity contribution in [2.75, 3.05) is 26.4 Å². The molecule has 26 heteroatoms. The Hall–Kier alpha value is -4.37. The van der Waals surface area contributed by atoms with E-state index in [9.17, 15) is 49.1 Å². The molecule has 7 N–H and O–H groups in total. The Bertz CT molecular complexity index is 2340. The summed E-state index contributed by atoms with van der Waals surface area (Å²) in [5.41, 5.74) is -0.309. The molecule has 0 saturated carbocycles. The molecule has 2 unspecified atom stereocenters. The van der Waals surface area contributed by atoms with Crippen LogP contribution in [0.15, 0.2) is 46.2 Å². The monoisotopic (exact) mass is 822 g/mol. The number of anilines is 6. The predicted octanol–water partition coefficient (Wildman–Crippen LogP) is 2.63.